The SMILES string of the molecule is Cc1ccc(O)c(/C=N/c2nc(-c3ccc(Br)cc3)cs2)c1. The minimum atomic E-state index is 0.221. The highest BCUT2D eigenvalue weighted by molar-refractivity contribution is 9.10. The van der Waals surface area contributed by atoms with Crippen molar-refractivity contribution in [2.24, 2.45) is 4.99 Å². The standard InChI is InChI=1S/C17H13BrN2OS/c1-11-2-7-16(21)13(8-11)9-19-17-20-15(10-22-17)12-3-5-14(18)6-4-12/h2-10,21H,1H3/b19-9+. The van der Waals surface area contributed by atoms with Gasteiger partial charge in [0.15, 0.2) is 0 Å². The number of aromatic hydroxyl groups is 1. The molecule has 3 aromatic rings. The smallest absolute Gasteiger partial charge is 0.209 e. The van der Waals surface area contributed by atoms with E-state index < -0.39 is 0 Å². The first kappa shape index (κ1) is 14.9. The molecule has 1 heterocycles. The van der Waals surface area contributed by atoms with Gasteiger partial charge in [-0.05, 0) is 31.2 Å². The van der Waals surface area contributed by atoms with E-state index in [0.29, 0.717) is 10.7 Å². The third kappa shape index (κ3) is 3.43. The predicted molar refractivity (Wildman–Crippen MR) is 95.3 cm³/mol. The van der Waals surface area contributed by atoms with E-state index in [9.17, 15) is 5.11 Å². The van der Waals surface area contributed by atoms with E-state index in [1.807, 2.05) is 48.7 Å². The van der Waals surface area contributed by atoms with E-state index in [1.54, 1.807) is 12.3 Å². The average Bonchev–Trinajstić information content (AvgIpc) is 2.98. The van der Waals surface area contributed by atoms with Gasteiger partial charge in [-0.2, -0.15) is 0 Å². The van der Waals surface area contributed by atoms with Crippen LogP contribution in [-0.4, -0.2) is 16.3 Å². The maximum absolute atomic E-state index is 9.81. The summed E-state index contributed by atoms with van der Waals surface area (Å²) in [5.41, 5.74) is 3.73. The number of nitrogens with zero attached hydrogens (tertiary/aromatic N) is 2. The summed E-state index contributed by atoms with van der Waals surface area (Å²) in [5, 5.41) is 12.5. The Hall–Kier alpha value is -1.98. The van der Waals surface area contributed by atoms with E-state index in [1.165, 1.54) is 11.3 Å². The van der Waals surface area contributed by atoms with Gasteiger partial charge in [0.2, 0.25) is 5.13 Å². The topological polar surface area (TPSA) is 45.5 Å². The molecule has 0 saturated carbocycles. The molecule has 0 fully saturated rings. The van der Waals surface area contributed by atoms with Gasteiger partial charge in [0, 0.05) is 27.2 Å². The van der Waals surface area contributed by atoms with Crippen LogP contribution in [0.25, 0.3) is 11.3 Å². The van der Waals surface area contributed by atoms with Gasteiger partial charge in [0.25, 0.3) is 0 Å². The molecule has 0 saturated heterocycles. The number of phenolic OH excluding ortho intramolecular Hbond substituents is 1. The summed E-state index contributed by atoms with van der Waals surface area (Å²) < 4.78 is 1.04. The van der Waals surface area contributed by atoms with Crippen LogP contribution in [-0.2, 0) is 0 Å². The summed E-state index contributed by atoms with van der Waals surface area (Å²) >= 11 is 4.90. The summed E-state index contributed by atoms with van der Waals surface area (Å²) in [5.74, 6) is 0.221. The molecule has 1 N–H and O–H groups in total. The molecule has 1 aromatic heterocycles. The molecule has 0 aliphatic rings. The van der Waals surface area contributed by atoms with E-state index in [0.717, 1.165) is 21.3 Å². The third-order valence-corrected chi connectivity index (χ3v) is 4.41. The maximum Gasteiger partial charge on any atom is 0.209 e. The largest absolute Gasteiger partial charge is 0.507 e. The Kier molecular flexibility index (Phi) is 4.36. The Bertz CT molecular complexity index is 825. The number of hydrogen-bond acceptors (Lipinski definition) is 4. The fourth-order valence-corrected chi connectivity index (χ4v) is 2.91. The summed E-state index contributed by atoms with van der Waals surface area (Å²) in [4.78, 5) is 8.86. The molecule has 0 atom stereocenters. The summed E-state index contributed by atoms with van der Waals surface area (Å²) in [7, 11) is 0. The summed E-state index contributed by atoms with van der Waals surface area (Å²) in [6.07, 6.45) is 1.65. The predicted octanol–water partition coefficient (Wildman–Crippen LogP) is 5.34. The lowest BCUT2D eigenvalue weighted by Gasteiger charge is -1.99. The number of aryl methyl sites for hydroxylation is 1. The highest BCUT2D eigenvalue weighted by atomic mass is 79.9. The molecule has 110 valence electrons. The first-order valence-electron chi connectivity index (χ1n) is 6.67. The van der Waals surface area contributed by atoms with Gasteiger partial charge < -0.3 is 5.11 Å². The molecule has 5 heteroatoms. The Morgan fingerprint density at radius 2 is 1.95 bits per heavy atom. The highest BCUT2D eigenvalue weighted by Crippen LogP contribution is 2.28. The van der Waals surface area contributed by atoms with Crippen LogP contribution in [0.5, 0.6) is 5.75 Å². The second kappa shape index (κ2) is 6.42. The molecule has 0 unspecified atom stereocenters. The van der Waals surface area contributed by atoms with E-state index >= 15 is 0 Å². The zero-order chi connectivity index (χ0) is 15.5. The number of rotatable bonds is 3. The van der Waals surface area contributed by atoms with Crippen LogP contribution in [0, 0.1) is 6.92 Å². The monoisotopic (exact) mass is 372 g/mol. The van der Waals surface area contributed by atoms with Gasteiger partial charge in [0.05, 0.1) is 5.69 Å². The molecule has 0 aliphatic carbocycles. The Morgan fingerprint density at radius 1 is 1.18 bits per heavy atom. The van der Waals surface area contributed by atoms with Crippen LogP contribution in [0.4, 0.5) is 5.13 Å². The number of thiazole rings is 1. The fraction of sp³-hybridized carbons (Fsp3) is 0.0588. The number of halogens is 1. The van der Waals surface area contributed by atoms with Crippen molar-refractivity contribution in [1.82, 2.24) is 4.98 Å². The second-order valence-electron chi connectivity index (χ2n) is 4.84. The normalized spacial score (nSPS) is 11.2. The van der Waals surface area contributed by atoms with Crippen LogP contribution >= 0.6 is 27.3 Å². The second-order valence-corrected chi connectivity index (χ2v) is 6.59. The zero-order valence-electron chi connectivity index (χ0n) is 11.8. The molecular weight excluding hydrogens is 360 g/mol. The number of aliphatic imine (C=N–C) groups is 1. The van der Waals surface area contributed by atoms with Crippen LogP contribution in [0.2, 0.25) is 0 Å². The van der Waals surface area contributed by atoms with Crippen LogP contribution in [0.3, 0.4) is 0 Å². The van der Waals surface area contributed by atoms with E-state index in [2.05, 4.69) is 25.9 Å². The van der Waals surface area contributed by atoms with Gasteiger partial charge in [-0.3, -0.25) is 0 Å². The number of hydrogen-bond donors (Lipinski definition) is 1. The van der Waals surface area contributed by atoms with Crippen molar-refractivity contribution < 1.29 is 5.11 Å². The van der Waals surface area contributed by atoms with Gasteiger partial charge in [0.1, 0.15) is 5.75 Å². The van der Waals surface area contributed by atoms with Crippen LogP contribution in [0.1, 0.15) is 11.1 Å². The molecule has 3 nitrogen and oxygen atoms in total. The van der Waals surface area contributed by atoms with Crippen molar-refractivity contribution in [3.8, 4) is 17.0 Å². The van der Waals surface area contributed by atoms with Gasteiger partial charge in [-0.15, -0.1) is 11.3 Å². The van der Waals surface area contributed by atoms with Crippen molar-refractivity contribution in [1.29, 1.82) is 0 Å². The lowest BCUT2D eigenvalue weighted by Crippen LogP contribution is -1.83. The lowest BCUT2D eigenvalue weighted by molar-refractivity contribution is 0.474. The summed E-state index contributed by atoms with van der Waals surface area (Å²) in [6.45, 7) is 1.98. The Balaban J connectivity index is 1.83. The van der Waals surface area contributed by atoms with Crippen LogP contribution < -0.4 is 0 Å². The van der Waals surface area contributed by atoms with Gasteiger partial charge in [-0.1, -0.05) is 39.7 Å². The molecule has 0 amide bonds. The molecule has 0 spiro atoms. The van der Waals surface area contributed by atoms with Crippen molar-refractivity contribution in [2.75, 3.05) is 0 Å². The van der Waals surface area contributed by atoms with Crippen molar-refractivity contribution in [3.63, 3.8) is 0 Å². The van der Waals surface area contributed by atoms with E-state index in [-0.39, 0.29) is 5.75 Å². The lowest BCUT2D eigenvalue weighted by atomic mass is 10.1. The first-order valence-corrected chi connectivity index (χ1v) is 8.34. The van der Waals surface area contributed by atoms with E-state index in [4.69, 9.17) is 0 Å². The minimum absolute atomic E-state index is 0.221. The van der Waals surface area contributed by atoms with Gasteiger partial charge >= 0.3 is 0 Å². The number of phenols is 1. The van der Waals surface area contributed by atoms with Crippen molar-refractivity contribution in [3.05, 3.63) is 63.4 Å². The quantitative estimate of drug-likeness (QED) is 0.630. The van der Waals surface area contributed by atoms with Crippen LogP contribution in [0.15, 0.2) is 57.3 Å². The fourth-order valence-electron chi connectivity index (χ4n) is 1.98. The van der Waals surface area contributed by atoms with Crippen molar-refractivity contribution in [2.45, 2.75) is 6.92 Å². The molecule has 0 radical (unpaired) electrons. The highest BCUT2D eigenvalue weighted by Gasteiger charge is 2.04. The first-order chi connectivity index (χ1) is 10.6. The average molecular weight is 373 g/mol. The number of aromatic nitrogens is 1. The molecular formula is C17H13BrN2OS. The zero-order valence-corrected chi connectivity index (χ0v) is 14.2. The Labute approximate surface area is 141 Å². The Morgan fingerprint density at radius 3 is 2.73 bits per heavy atom. The van der Waals surface area contributed by atoms with Gasteiger partial charge in [-0.25, -0.2) is 9.98 Å². The maximum atomic E-state index is 9.81. The summed E-state index contributed by atoms with van der Waals surface area (Å²) in [6, 6.07) is 13.4. The third-order valence-electron chi connectivity index (χ3n) is 3.13. The molecule has 2 aromatic carbocycles. The number of benzene rings is 2. The molecule has 3 rings (SSSR count). The van der Waals surface area contributed by atoms with Crippen molar-refractivity contribution >= 4 is 38.6 Å². The minimum Gasteiger partial charge on any atom is -0.507 e. The molecule has 0 aliphatic heterocycles. The molecule has 22 heavy (non-hydrogen) atoms. The molecule has 0 bridgehead atoms.